The summed E-state index contributed by atoms with van der Waals surface area (Å²) in [5.41, 5.74) is 2.18. The van der Waals surface area contributed by atoms with Gasteiger partial charge in [0.2, 0.25) is 0 Å². The molecule has 0 aromatic carbocycles. The van der Waals surface area contributed by atoms with Gasteiger partial charge in [-0.2, -0.15) is 0 Å². The zero-order valence-electron chi connectivity index (χ0n) is 13.5. The summed E-state index contributed by atoms with van der Waals surface area (Å²) in [6, 6.07) is 0. The lowest BCUT2D eigenvalue weighted by Gasteiger charge is -2.49. The topological polar surface area (TPSA) is 17.1 Å². The van der Waals surface area contributed by atoms with Crippen molar-refractivity contribution in [2.75, 3.05) is 0 Å². The zero-order valence-corrected chi connectivity index (χ0v) is 13.5. The first-order chi connectivity index (χ1) is 9.50. The van der Waals surface area contributed by atoms with E-state index in [0.717, 1.165) is 25.2 Å². The third-order valence-electron chi connectivity index (χ3n) is 7.21. The van der Waals surface area contributed by atoms with E-state index in [-0.39, 0.29) is 5.41 Å². The van der Waals surface area contributed by atoms with Gasteiger partial charge in [0.15, 0.2) is 0 Å². The Morgan fingerprint density at radius 2 is 1.75 bits per heavy atom. The molecule has 0 amide bonds. The Kier molecular flexibility index (Phi) is 3.59. The standard InChI is InChI=1S/C19H30O/c1-4-14-7-5-6-11-18(14,2)16-10-12-19(3)15(13-16)8-9-17(19)20/h4,15-16H,5-13H2,1-3H3/b14-4-. The van der Waals surface area contributed by atoms with Gasteiger partial charge in [-0.15, -0.1) is 0 Å². The monoisotopic (exact) mass is 274 g/mol. The molecule has 0 saturated heterocycles. The molecule has 0 N–H and O–H groups in total. The summed E-state index contributed by atoms with van der Waals surface area (Å²) in [6.45, 7) is 7.00. The van der Waals surface area contributed by atoms with Crippen LogP contribution in [0.2, 0.25) is 0 Å². The van der Waals surface area contributed by atoms with Gasteiger partial charge in [-0.05, 0) is 69.1 Å². The number of carbonyl (C=O) groups is 1. The molecule has 0 heterocycles. The van der Waals surface area contributed by atoms with Crippen LogP contribution < -0.4 is 0 Å². The van der Waals surface area contributed by atoms with Crippen LogP contribution in [0.25, 0.3) is 0 Å². The molecule has 0 aromatic rings. The van der Waals surface area contributed by atoms with Crippen LogP contribution in [0.3, 0.4) is 0 Å². The van der Waals surface area contributed by atoms with Crippen molar-refractivity contribution in [3.05, 3.63) is 11.6 Å². The predicted molar refractivity (Wildman–Crippen MR) is 83.5 cm³/mol. The maximum Gasteiger partial charge on any atom is 0.139 e. The number of Topliss-reactive ketones (excluding diaryl/α,β-unsaturated/α-hetero) is 1. The average molecular weight is 274 g/mol. The van der Waals surface area contributed by atoms with Crippen LogP contribution in [0.5, 0.6) is 0 Å². The molecule has 112 valence electrons. The van der Waals surface area contributed by atoms with E-state index in [9.17, 15) is 4.79 Å². The van der Waals surface area contributed by atoms with Crippen molar-refractivity contribution in [1.82, 2.24) is 0 Å². The second kappa shape index (κ2) is 5.00. The molecule has 1 heteroatoms. The van der Waals surface area contributed by atoms with Gasteiger partial charge in [0, 0.05) is 11.8 Å². The van der Waals surface area contributed by atoms with Crippen molar-refractivity contribution < 1.29 is 4.79 Å². The number of hydrogen-bond acceptors (Lipinski definition) is 1. The quantitative estimate of drug-likeness (QED) is 0.593. The van der Waals surface area contributed by atoms with E-state index in [1.54, 1.807) is 5.57 Å². The number of allylic oxidation sites excluding steroid dienone is 2. The minimum Gasteiger partial charge on any atom is -0.299 e. The van der Waals surface area contributed by atoms with E-state index in [1.165, 1.54) is 38.5 Å². The second-order valence-electron chi connectivity index (χ2n) is 7.99. The van der Waals surface area contributed by atoms with Crippen LogP contribution in [-0.4, -0.2) is 5.78 Å². The number of ketones is 1. The summed E-state index contributed by atoms with van der Waals surface area (Å²) in [4.78, 5) is 12.2. The highest BCUT2D eigenvalue weighted by Crippen LogP contribution is 2.58. The summed E-state index contributed by atoms with van der Waals surface area (Å²) in [6.07, 6.45) is 13.6. The van der Waals surface area contributed by atoms with Gasteiger partial charge in [0.05, 0.1) is 0 Å². The Bertz CT molecular complexity index is 435. The molecule has 4 unspecified atom stereocenters. The molecule has 0 aromatic heterocycles. The van der Waals surface area contributed by atoms with Crippen LogP contribution in [0.15, 0.2) is 11.6 Å². The Morgan fingerprint density at radius 3 is 2.50 bits per heavy atom. The van der Waals surface area contributed by atoms with Gasteiger partial charge >= 0.3 is 0 Å². The lowest BCUT2D eigenvalue weighted by molar-refractivity contribution is -0.128. The van der Waals surface area contributed by atoms with Gasteiger partial charge in [-0.3, -0.25) is 4.79 Å². The Balaban J connectivity index is 1.81. The van der Waals surface area contributed by atoms with Gasteiger partial charge in [-0.1, -0.05) is 31.9 Å². The highest BCUT2D eigenvalue weighted by atomic mass is 16.1. The Labute approximate surface area is 124 Å². The Morgan fingerprint density at radius 1 is 1.00 bits per heavy atom. The van der Waals surface area contributed by atoms with Crippen LogP contribution in [0.1, 0.15) is 78.6 Å². The molecule has 4 atom stereocenters. The fraction of sp³-hybridized carbons (Fsp3) is 0.842. The molecular weight excluding hydrogens is 244 g/mol. The van der Waals surface area contributed by atoms with Crippen molar-refractivity contribution in [2.45, 2.75) is 78.6 Å². The van der Waals surface area contributed by atoms with Crippen LogP contribution in [0.4, 0.5) is 0 Å². The average Bonchev–Trinajstić information content (AvgIpc) is 2.75. The zero-order chi connectivity index (χ0) is 14.4. The maximum atomic E-state index is 12.2. The van der Waals surface area contributed by atoms with Gasteiger partial charge in [-0.25, -0.2) is 0 Å². The van der Waals surface area contributed by atoms with Gasteiger partial charge in [0.25, 0.3) is 0 Å². The summed E-state index contributed by atoms with van der Waals surface area (Å²) in [5.74, 6) is 2.05. The number of hydrogen-bond donors (Lipinski definition) is 0. The molecule has 1 nitrogen and oxygen atoms in total. The van der Waals surface area contributed by atoms with Crippen LogP contribution in [0, 0.1) is 22.7 Å². The molecule has 20 heavy (non-hydrogen) atoms. The lowest BCUT2D eigenvalue weighted by Crippen LogP contribution is -2.41. The molecule has 3 rings (SSSR count). The molecule has 3 aliphatic carbocycles. The fourth-order valence-electron chi connectivity index (χ4n) is 5.57. The van der Waals surface area contributed by atoms with Gasteiger partial charge in [0.1, 0.15) is 5.78 Å². The predicted octanol–water partition coefficient (Wildman–Crippen LogP) is 5.30. The Hall–Kier alpha value is -0.590. The third kappa shape index (κ3) is 2.00. The molecule has 0 aliphatic heterocycles. The van der Waals surface area contributed by atoms with Crippen molar-refractivity contribution >= 4 is 5.78 Å². The number of rotatable bonds is 1. The van der Waals surface area contributed by atoms with Crippen LogP contribution in [-0.2, 0) is 4.79 Å². The first kappa shape index (κ1) is 14.4. The largest absolute Gasteiger partial charge is 0.299 e. The van der Waals surface area contributed by atoms with Crippen molar-refractivity contribution in [3.63, 3.8) is 0 Å². The van der Waals surface area contributed by atoms with E-state index < -0.39 is 0 Å². The minimum atomic E-state index is 0.0393. The van der Waals surface area contributed by atoms with Crippen molar-refractivity contribution in [1.29, 1.82) is 0 Å². The van der Waals surface area contributed by atoms with E-state index in [1.807, 2.05) is 0 Å². The molecule has 3 aliphatic rings. The van der Waals surface area contributed by atoms with E-state index in [4.69, 9.17) is 0 Å². The van der Waals surface area contributed by atoms with E-state index >= 15 is 0 Å². The molecule has 0 spiro atoms. The van der Waals surface area contributed by atoms with Crippen molar-refractivity contribution in [2.24, 2.45) is 22.7 Å². The van der Waals surface area contributed by atoms with Crippen LogP contribution >= 0.6 is 0 Å². The van der Waals surface area contributed by atoms with E-state index in [0.29, 0.717) is 17.1 Å². The molecule has 3 fully saturated rings. The molecule has 3 saturated carbocycles. The summed E-state index contributed by atoms with van der Waals surface area (Å²) >= 11 is 0. The van der Waals surface area contributed by atoms with E-state index in [2.05, 4.69) is 26.8 Å². The molecule has 0 radical (unpaired) electrons. The molecular formula is C19H30O. The highest BCUT2D eigenvalue weighted by Gasteiger charge is 2.52. The molecule has 0 bridgehead atoms. The first-order valence-electron chi connectivity index (χ1n) is 8.69. The second-order valence-corrected chi connectivity index (χ2v) is 7.99. The van der Waals surface area contributed by atoms with Gasteiger partial charge < -0.3 is 0 Å². The van der Waals surface area contributed by atoms with Crippen molar-refractivity contribution in [3.8, 4) is 0 Å². The SMILES string of the molecule is C/C=C1/CCCCC1(C)C1CCC2(C)C(=O)CCC2C1. The summed E-state index contributed by atoms with van der Waals surface area (Å²) < 4.78 is 0. The number of carbonyl (C=O) groups excluding carboxylic acids is 1. The fourth-order valence-corrected chi connectivity index (χ4v) is 5.57. The smallest absolute Gasteiger partial charge is 0.139 e. The first-order valence-corrected chi connectivity index (χ1v) is 8.69. The maximum absolute atomic E-state index is 12.2. The highest BCUT2D eigenvalue weighted by molar-refractivity contribution is 5.87. The number of fused-ring (bicyclic) bond motifs is 1. The third-order valence-corrected chi connectivity index (χ3v) is 7.21. The lowest BCUT2D eigenvalue weighted by atomic mass is 9.55. The normalized spacial score (nSPS) is 47.5. The minimum absolute atomic E-state index is 0.0393. The summed E-state index contributed by atoms with van der Waals surface area (Å²) in [7, 11) is 0. The summed E-state index contributed by atoms with van der Waals surface area (Å²) in [5, 5.41) is 0.